The van der Waals surface area contributed by atoms with E-state index >= 15 is 0 Å². The number of anilines is 1. The quantitative estimate of drug-likeness (QED) is 0.638. The Hall–Kier alpha value is -0.640. The molecule has 1 aromatic carbocycles. The number of halogens is 2. The third kappa shape index (κ3) is 4.28. The molecule has 0 fully saturated rings. The molecule has 0 saturated heterocycles. The van der Waals surface area contributed by atoms with Crippen LogP contribution in [0.4, 0.5) is 5.69 Å². The highest BCUT2D eigenvalue weighted by Gasteiger charge is 1.92. The molecule has 12 heavy (non-hydrogen) atoms. The number of phenolic OH excluding ortho intramolecular Hbond substituents is 1. The number of nitrogen functional groups attached to an aromatic ring is 1. The molecule has 0 aliphatic carbocycles. The fraction of sp³-hybridized carbons (Fsp3) is 0.143. The van der Waals surface area contributed by atoms with E-state index in [1.165, 1.54) is 6.07 Å². The van der Waals surface area contributed by atoms with E-state index in [2.05, 4.69) is 0 Å². The summed E-state index contributed by atoms with van der Waals surface area (Å²) in [4.78, 5) is 0. The molecule has 0 radical (unpaired) electrons. The first kappa shape index (κ1) is 17.4. The monoisotopic (exact) mass is 213 g/mol. The van der Waals surface area contributed by atoms with Crippen LogP contribution in [0.3, 0.4) is 0 Å². The van der Waals surface area contributed by atoms with Crippen LogP contribution in [0, 0.1) is 6.92 Å². The van der Waals surface area contributed by atoms with E-state index in [4.69, 9.17) is 10.8 Å². The molecule has 3 nitrogen and oxygen atoms in total. The molecule has 0 atom stereocenters. The van der Waals surface area contributed by atoms with Gasteiger partial charge in [0.2, 0.25) is 0 Å². The Balaban J connectivity index is -0.000000270. The second-order valence-corrected chi connectivity index (χ2v) is 2.05. The SMILES string of the molecule is Cc1ccc(N)cc1O.Cl.Cl.O. The maximum atomic E-state index is 9.02. The Labute approximate surface area is 83.7 Å². The van der Waals surface area contributed by atoms with Gasteiger partial charge in [-0.3, -0.25) is 0 Å². The van der Waals surface area contributed by atoms with Crippen molar-refractivity contribution in [2.24, 2.45) is 0 Å². The van der Waals surface area contributed by atoms with Gasteiger partial charge in [-0.05, 0) is 18.6 Å². The molecule has 0 heterocycles. The van der Waals surface area contributed by atoms with Crippen LogP contribution in [0.5, 0.6) is 5.75 Å². The largest absolute Gasteiger partial charge is 0.508 e. The van der Waals surface area contributed by atoms with Crippen LogP contribution in [-0.2, 0) is 0 Å². The van der Waals surface area contributed by atoms with Crippen LogP contribution < -0.4 is 5.73 Å². The fourth-order valence-corrected chi connectivity index (χ4v) is 0.626. The summed E-state index contributed by atoms with van der Waals surface area (Å²) in [6.07, 6.45) is 0. The van der Waals surface area contributed by atoms with Crippen LogP contribution in [0.25, 0.3) is 0 Å². The summed E-state index contributed by atoms with van der Waals surface area (Å²) < 4.78 is 0. The van der Waals surface area contributed by atoms with E-state index < -0.39 is 0 Å². The number of hydrogen-bond acceptors (Lipinski definition) is 2. The number of benzene rings is 1. The summed E-state index contributed by atoms with van der Waals surface area (Å²) in [6, 6.07) is 5.08. The minimum atomic E-state index is 0. The minimum Gasteiger partial charge on any atom is -0.508 e. The van der Waals surface area contributed by atoms with Crippen LogP contribution in [-0.4, -0.2) is 10.6 Å². The van der Waals surface area contributed by atoms with Gasteiger partial charge in [-0.15, -0.1) is 24.8 Å². The standard InChI is InChI=1S/C7H9NO.2ClH.H2O/c1-5-2-3-6(8)4-7(5)9;;;/h2-4,9H,8H2,1H3;2*1H;1H2. The van der Waals surface area contributed by atoms with E-state index in [9.17, 15) is 0 Å². The lowest BCUT2D eigenvalue weighted by atomic mass is 10.2. The summed E-state index contributed by atoms with van der Waals surface area (Å²) in [7, 11) is 0. The van der Waals surface area contributed by atoms with Gasteiger partial charge < -0.3 is 16.3 Å². The lowest BCUT2D eigenvalue weighted by Gasteiger charge is -1.97. The van der Waals surface area contributed by atoms with Gasteiger partial charge in [0.05, 0.1) is 0 Å². The van der Waals surface area contributed by atoms with E-state index in [1.54, 1.807) is 12.1 Å². The van der Waals surface area contributed by atoms with E-state index in [0.29, 0.717) is 5.69 Å². The highest BCUT2D eigenvalue weighted by molar-refractivity contribution is 5.85. The third-order valence-electron chi connectivity index (χ3n) is 1.23. The molecule has 0 amide bonds. The predicted molar refractivity (Wildman–Crippen MR) is 55.4 cm³/mol. The number of phenols is 1. The molecular formula is C7H13Cl2NO2. The highest BCUT2D eigenvalue weighted by atomic mass is 35.5. The number of aromatic hydroxyl groups is 1. The number of aryl methyl sites for hydroxylation is 1. The molecule has 0 bridgehead atoms. The lowest BCUT2D eigenvalue weighted by Crippen LogP contribution is -1.83. The first-order valence-corrected chi connectivity index (χ1v) is 2.75. The minimum absolute atomic E-state index is 0. The molecule has 72 valence electrons. The van der Waals surface area contributed by atoms with Crippen molar-refractivity contribution in [3.63, 3.8) is 0 Å². The predicted octanol–water partition coefficient (Wildman–Crippen LogP) is 1.30. The lowest BCUT2D eigenvalue weighted by molar-refractivity contribution is 0.471. The van der Waals surface area contributed by atoms with Crippen molar-refractivity contribution in [2.75, 3.05) is 5.73 Å². The van der Waals surface area contributed by atoms with Crippen molar-refractivity contribution in [3.05, 3.63) is 23.8 Å². The molecular weight excluding hydrogens is 201 g/mol. The van der Waals surface area contributed by atoms with Crippen molar-refractivity contribution in [1.29, 1.82) is 0 Å². The third-order valence-corrected chi connectivity index (χ3v) is 1.23. The van der Waals surface area contributed by atoms with Gasteiger partial charge in [-0.1, -0.05) is 6.07 Å². The molecule has 0 unspecified atom stereocenters. The van der Waals surface area contributed by atoms with Crippen molar-refractivity contribution in [3.8, 4) is 5.75 Å². The second kappa shape index (κ2) is 7.03. The average Bonchev–Trinajstić information content (AvgIpc) is 1.80. The molecule has 0 aliphatic rings. The van der Waals surface area contributed by atoms with Gasteiger partial charge in [0.25, 0.3) is 0 Å². The van der Waals surface area contributed by atoms with Crippen molar-refractivity contribution < 1.29 is 10.6 Å². The summed E-state index contributed by atoms with van der Waals surface area (Å²) in [5.74, 6) is 0.259. The zero-order valence-electron chi connectivity index (χ0n) is 6.57. The number of rotatable bonds is 0. The topological polar surface area (TPSA) is 77.8 Å². The molecule has 5 heteroatoms. The second-order valence-electron chi connectivity index (χ2n) is 2.05. The number of nitrogens with two attached hydrogens (primary N) is 1. The Morgan fingerprint density at radius 1 is 1.25 bits per heavy atom. The van der Waals surface area contributed by atoms with Crippen molar-refractivity contribution in [1.82, 2.24) is 0 Å². The Morgan fingerprint density at radius 2 is 1.75 bits per heavy atom. The van der Waals surface area contributed by atoms with E-state index in [0.717, 1.165) is 5.56 Å². The molecule has 1 rings (SSSR count). The molecule has 0 aromatic heterocycles. The van der Waals surface area contributed by atoms with Gasteiger partial charge in [-0.2, -0.15) is 0 Å². The van der Waals surface area contributed by atoms with Gasteiger partial charge in [0, 0.05) is 11.8 Å². The van der Waals surface area contributed by atoms with Crippen LogP contribution >= 0.6 is 24.8 Å². The molecule has 5 N–H and O–H groups in total. The molecule has 1 aromatic rings. The Bertz CT molecular complexity index is 231. The first-order valence-electron chi connectivity index (χ1n) is 2.75. The zero-order chi connectivity index (χ0) is 6.85. The van der Waals surface area contributed by atoms with Gasteiger partial charge in [0.15, 0.2) is 0 Å². The van der Waals surface area contributed by atoms with Gasteiger partial charge in [0.1, 0.15) is 5.75 Å². The van der Waals surface area contributed by atoms with Crippen LogP contribution in [0.15, 0.2) is 18.2 Å². The summed E-state index contributed by atoms with van der Waals surface area (Å²) in [5.41, 5.74) is 6.81. The number of hydrogen-bond donors (Lipinski definition) is 2. The van der Waals surface area contributed by atoms with Crippen LogP contribution in [0.2, 0.25) is 0 Å². The molecule has 0 spiro atoms. The Kier molecular flexibility index (Phi) is 10.2. The maximum Gasteiger partial charge on any atom is 0.120 e. The summed E-state index contributed by atoms with van der Waals surface area (Å²) >= 11 is 0. The van der Waals surface area contributed by atoms with E-state index in [-0.39, 0.29) is 36.0 Å². The smallest absolute Gasteiger partial charge is 0.120 e. The first-order chi connectivity index (χ1) is 4.20. The summed E-state index contributed by atoms with van der Waals surface area (Å²) in [6.45, 7) is 1.83. The van der Waals surface area contributed by atoms with Crippen LogP contribution in [0.1, 0.15) is 5.56 Å². The van der Waals surface area contributed by atoms with Gasteiger partial charge >= 0.3 is 0 Å². The fourth-order valence-electron chi connectivity index (χ4n) is 0.626. The molecule has 0 saturated carbocycles. The van der Waals surface area contributed by atoms with Crippen molar-refractivity contribution >= 4 is 30.5 Å². The zero-order valence-corrected chi connectivity index (χ0v) is 8.21. The average molecular weight is 214 g/mol. The maximum absolute atomic E-state index is 9.02. The normalized spacial score (nSPS) is 7.08. The summed E-state index contributed by atoms with van der Waals surface area (Å²) in [5, 5.41) is 9.02. The van der Waals surface area contributed by atoms with Gasteiger partial charge in [-0.25, -0.2) is 0 Å². The highest BCUT2D eigenvalue weighted by Crippen LogP contribution is 2.17. The molecule has 0 aliphatic heterocycles. The van der Waals surface area contributed by atoms with E-state index in [1.807, 2.05) is 6.92 Å². The van der Waals surface area contributed by atoms with Crippen molar-refractivity contribution in [2.45, 2.75) is 6.92 Å². The Morgan fingerprint density at radius 3 is 2.08 bits per heavy atom.